The average molecular weight is 273 g/mol. The summed E-state index contributed by atoms with van der Waals surface area (Å²) in [5, 5.41) is 20.3. The molecule has 0 aliphatic heterocycles. The predicted molar refractivity (Wildman–Crippen MR) is 74.1 cm³/mol. The van der Waals surface area contributed by atoms with E-state index in [9.17, 15) is 0 Å². The maximum absolute atomic E-state index is 8.85. The van der Waals surface area contributed by atoms with Crippen LogP contribution in [0.15, 0.2) is 47.6 Å². The molecular formula is C14H15N3O3. The molecule has 1 aromatic heterocycles. The summed E-state index contributed by atoms with van der Waals surface area (Å²) in [5.41, 5.74) is 6.83. The Morgan fingerprint density at radius 2 is 1.95 bits per heavy atom. The number of nitrogens with two attached hydrogens (primary N) is 1. The lowest BCUT2D eigenvalue weighted by Gasteiger charge is -2.07. The molecule has 0 unspecified atom stereocenters. The van der Waals surface area contributed by atoms with Crippen molar-refractivity contribution in [3.05, 3.63) is 53.7 Å². The lowest BCUT2D eigenvalue weighted by Crippen LogP contribution is -2.14. The summed E-state index contributed by atoms with van der Waals surface area (Å²) >= 11 is 0. The first kappa shape index (κ1) is 13.8. The Hall–Kier alpha value is -2.60. The summed E-state index contributed by atoms with van der Waals surface area (Å²) in [7, 11) is 0. The third-order valence-corrected chi connectivity index (χ3v) is 2.64. The molecule has 0 saturated carbocycles. The molecular weight excluding hydrogens is 258 g/mol. The minimum absolute atomic E-state index is 0.0752. The minimum atomic E-state index is -0.0752. The van der Waals surface area contributed by atoms with Crippen LogP contribution in [-0.2, 0) is 6.42 Å². The Labute approximate surface area is 116 Å². The Morgan fingerprint density at radius 3 is 2.60 bits per heavy atom. The van der Waals surface area contributed by atoms with Crippen LogP contribution in [-0.4, -0.2) is 27.7 Å². The van der Waals surface area contributed by atoms with Crippen LogP contribution in [0.25, 0.3) is 0 Å². The number of hydrogen-bond donors (Lipinski definition) is 3. The van der Waals surface area contributed by atoms with Gasteiger partial charge in [0.2, 0.25) is 5.88 Å². The number of nitrogens with zero attached hydrogens (tertiary/aromatic N) is 2. The predicted octanol–water partition coefficient (Wildman–Crippen LogP) is 1.50. The summed E-state index contributed by atoms with van der Waals surface area (Å²) in [6, 6.07) is 12.3. The summed E-state index contributed by atoms with van der Waals surface area (Å²) in [4.78, 5) is 4.12. The van der Waals surface area contributed by atoms with Gasteiger partial charge >= 0.3 is 0 Å². The highest BCUT2D eigenvalue weighted by Crippen LogP contribution is 2.20. The number of amidine groups is 1. The number of aliphatic hydroxyl groups excluding tert-OH is 1. The van der Waals surface area contributed by atoms with E-state index in [-0.39, 0.29) is 12.4 Å². The van der Waals surface area contributed by atoms with Crippen molar-refractivity contribution in [2.75, 3.05) is 6.61 Å². The zero-order valence-electron chi connectivity index (χ0n) is 10.7. The molecule has 0 bridgehead atoms. The topological polar surface area (TPSA) is 101 Å². The van der Waals surface area contributed by atoms with Crippen LogP contribution in [0.4, 0.5) is 0 Å². The molecule has 0 radical (unpaired) electrons. The summed E-state index contributed by atoms with van der Waals surface area (Å²) < 4.78 is 5.58. The van der Waals surface area contributed by atoms with Gasteiger partial charge in [-0.25, -0.2) is 4.98 Å². The molecule has 6 heteroatoms. The molecule has 0 spiro atoms. The number of hydrogen-bond acceptors (Lipinski definition) is 5. The second kappa shape index (κ2) is 6.53. The van der Waals surface area contributed by atoms with Crippen LogP contribution in [0.5, 0.6) is 11.6 Å². The van der Waals surface area contributed by atoms with Crippen LogP contribution in [0.2, 0.25) is 0 Å². The van der Waals surface area contributed by atoms with Crippen LogP contribution < -0.4 is 10.5 Å². The molecule has 0 saturated heterocycles. The van der Waals surface area contributed by atoms with Gasteiger partial charge in [-0.2, -0.15) is 0 Å². The molecule has 0 atom stereocenters. The van der Waals surface area contributed by atoms with Crippen molar-refractivity contribution in [3.63, 3.8) is 0 Å². The van der Waals surface area contributed by atoms with E-state index in [1.165, 1.54) is 0 Å². The number of pyridine rings is 1. The smallest absolute Gasteiger partial charge is 0.219 e. The fourth-order valence-corrected chi connectivity index (χ4v) is 1.64. The van der Waals surface area contributed by atoms with E-state index in [1.807, 2.05) is 12.1 Å². The number of benzene rings is 1. The van der Waals surface area contributed by atoms with Crippen molar-refractivity contribution in [1.29, 1.82) is 0 Å². The number of aliphatic hydroxyl groups is 1. The monoisotopic (exact) mass is 273 g/mol. The zero-order chi connectivity index (χ0) is 14.4. The second-order valence-electron chi connectivity index (χ2n) is 4.07. The van der Waals surface area contributed by atoms with Gasteiger partial charge in [0.05, 0.1) is 0 Å². The van der Waals surface area contributed by atoms with Crippen molar-refractivity contribution in [3.8, 4) is 11.6 Å². The SMILES string of the molecule is N/C(=N/O)c1cccc(Oc2ccc(CCO)cc2)n1. The lowest BCUT2D eigenvalue weighted by atomic mass is 10.1. The largest absolute Gasteiger partial charge is 0.439 e. The maximum Gasteiger partial charge on any atom is 0.219 e. The van der Waals surface area contributed by atoms with E-state index in [4.69, 9.17) is 20.8 Å². The van der Waals surface area contributed by atoms with Gasteiger partial charge in [0.1, 0.15) is 11.4 Å². The standard InChI is InChI=1S/C14H15N3O3/c15-14(17-19)12-2-1-3-13(16-12)20-11-6-4-10(5-7-11)8-9-18/h1-7,18-19H,8-9H2,(H2,15,17). The normalized spacial score (nSPS) is 11.3. The highest BCUT2D eigenvalue weighted by molar-refractivity contribution is 5.95. The van der Waals surface area contributed by atoms with Gasteiger partial charge in [0.15, 0.2) is 5.84 Å². The first-order valence-corrected chi connectivity index (χ1v) is 6.05. The lowest BCUT2D eigenvalue weighted by molar-refractivity contribution is 0.299. The Kier molecular flexibility index (Phi) is 4.52. The van der Waals surface area contributed by atoms with Crippen LogP contribution >= 0.6 is 0 Å². The molecule has 4 N–H and O–H groups in total. The molecule has 0 aliphatic carbocycles. The third kappa shape index (κ3) is 3.46. The Bertz CT molecular complexity index is 597. The average Bonchev–Trinajstić information content (AvgIpc) is 2.49. The van der Waals surface area contributed by atoms with Gasteiger partial charge in [-0.15, -0.1) is 0 Å². The van der Waals surface area contributed by atoms with E-state index in [2.05, 4.69) is 10.1 Å². The molecule has 1 aromatic carbocycles. The highest BCUT2D eigenvalue weighted by atomic mass is 16.5. The van der Waals surface area contributed by atoms with E-state index in [1.54, 1.807) is 30.3 Å². The van der Waals surface area contributed by atoms with Crippen LogP contribution in [0, 0.1) is 0 Å². The summed E-state index contributed by atoms with van der Waals surface area (Å²) in [5.74, 6) is 0.897. The van der Waals surface area contributed by atoms with Gasteiger partial charge in [0, 0.05) is 12.7 Å². The van der Waals surface area contributed by atoms with Crippen molar-refractivity contribution in [1.82, 2.24) is 4.98 Å². The van der Waals surface area contributed by atoms with E-state index >= 15 is 0 Å². The van der Waals surface area contributed by atoms with Crippen molar-refractivity contribution < 1.29 is 15.1 Å². The fraction of sp³-hybridized carbons (Fsp3) is 0.143. The van der Waals surface area contributed by atoms with Crippen molar-refractivity contribution in [2.45, 2.75) is 6.42 Å². The van der Waals surface area contributed by atoms with Gasteiger partial charge in [-0.1, -0.05) is 23.4 Å². The summed E-state index contributed by atoms with van der Waals surface area (Å²) in [6.45, 7) is 0.115. The summed E-state index contributed by atoms with van der Waals surface area (Å²) in [6.07, 6.45) is 0.609. The number of oxime groups is 1. The first-order valence-electron chi connectivity index (χ1n) is 6.05. The number of aromatic nitrogens is 1. The van der Waals surface area contributed by atoms with Crippen LogP contribution in [0.3, 0.4) is 0 Å². The quantitative estimate of drug-likeness (QED) is 0.332. The molecule has 0 amide bonds. The molecule has 2 rings (SSSR count). The van der Waals surface area contributed by atoms with Gasteiger partial charge in [-0.05, 0) is 30.2 Å². The molecule has 1 heterocycles. The van der Waals surface area contributed by atoms with Crippen molar-refractivity contribution >= 4 is 5.84 Å². The molecule has 6 nitrogen and oxygen atoms in total. The first-order chi connectivity index (χ1) is 9.72. The molecule has 20 heavy (non-hydrogen) atoms. The number of ether oxygens (including phenoxy) is 1. The molecule has 0 fully saturated rings. The van der Waals surface area contributed by atoms with Gasteiger partial charge in [0.25, 0.3) is 0 Å². The molecule has 0 aliphatic rings. The van der Waals surface area contributed by atoms with Crippen molar-refractivity contribution in [2.24, 2.45) is 10.9 Å². The fourth-order valence-electron chi connectivity index (χ4n) is 1.64. The molecule has 2 aromatic rings. The number of rotatable bonds is 5. The Morgan fingerprint density at radius 1 is 1.20 bits per heavy atom. The third-order valence-electron chi connectivity index (χ3n) is 2.64. The van der Waals surface area contributed by atoms with E-state index in [0.717, 1.165) is 5.56 Å². The second-order valence-corrected chi connectivity index (χ2v) is 4.07. The van der Waals surface area contributed by atoms with Gasteiger partial charge in [-0.3, -0.25) is 0 Å². The highest BCUT2D eigenvalue weighted by Gasteiger charge is 2.04. The zero-order valence-corrected chi connectivity index (χ0v) is 10.7. The minimum Gasteiger partial charge on any atom is -0.439 e. The van der Waals surface area contributed by atoms with Gasteiger partial charge < -0.3 is 20.8 Å². The Balaban J connectivity index is 2.13. The van der Waals surface area contributed by atoms with Crippen LogP contribution in [0.1, 0.15) is 11.3 Å². The maximum atomic E-state index is 8.85. The molecule has 104 valence electrons. The van der Waals surface area contributed by atoms with E-state index in [0.29, 0.717) is 23.7 Å². The van der Waals surface area contributed by atoms with E-state index < -0.39 is 0 Å².